The SMILES string of the molecule is CCOc1ccc(CNC(=O)CNC(=O)c2cc3sccc3n2C)cc1. The lowest BCUT2D eigenvalue weighted by Crippen LogP contribution is -2.37. The Kier molecular flexibility index (Phi) is 5.58. The van der Waals surface area contributed by atoms with Gasteiger partial charge in [0.2, 0.25) is 5.91 Å². The van der Waals surface area contributed by atoms with E-state index in [1.165, 1.54) is 0 Å². The zero-order chi connectivity index (χ0) is 18.5. The molecule has 2 aromatic heterocycles. The number of aryl methyl sites for hydroxylation is 1. The Bertz CT molecular complexity index is 912. The second-order valence-corrected chi connectivity index (χ2v) is 6.74. The molecule has 0 radical (unpaired) electrons. The Hall–Kier alpha value is -2.80. The Balaban J connectivity index is 1.48. The monoisotopic (exact) mass is 371 g/mol. The number of amides is 2. The standard InChI is InChI=1S/C19H21N3O3S/c1-3-25-14-6-4-13(5-7-14)11-20-18(23)12-21-19(24)16-10-17-15(22(16)2)8-9-26-17/h4-10H,3,11-12H2,1-2H3,(H,20,23)(H,21,24). The summed E-state index contributed by atoms with van der Waals surface area (Å²) in [5, 5.41) is 7.45. The fourth-order valence-corrected chi connectivity index (χ4v) is 3.50. The number of fused-ring (bicyclic) bond motifs is 1. The lowest BCUT2D eigenvalue weighted by Gasteiger charge is -2.09. The van der Waals surface area contributed by atoms with Crippen LogP contribution < -0.4 is 15.4 Å². The van der Waals surface area contributed by atoms with Gasteiger partial charge >= 0.3 is 0 Å². The zero-order valence-electron chi connectivity index (χ0n) is 14.7. The maximum atomic E-state index is 12.3. The van der Waals surface area contributed by atoms with Crippen molar-refractivity contribution in [2.45, 2.75) is 13.5 Å². The minimum atomic E-state index is -0.257. The molecule has 3 rings (SSSR count). The molecule has 7 heteroatoms. The molecule has 0 fully saturated rings. The van der Waals surface area contributed by atoms with Crippen LogP contribution in [-0.4, -0.2) is 29.5 Å². The molecule has 0 aliphatic rings. The van der Waals surface area contributed by atoms with Gasteiger partial charge in [0, 0.05) is 13.6 Å². The summed E-state index contributed by atoms with van der Waals surface area (Å²) in [6.07, 6.45) is 0. The van der Waals surface area contributed by atoms with Crippen molar-refractivity contribution in [2.24, 2.45) is 7.05 Å². The number of nitrogens with zero attached hydrogens (tertiary/aromatic N) is 1. The number of hydrogen-bond acceptors (Lipinski definition) is 4. The van der Waals surface area contributed by atoms with Crippen molar-refractivity contribution in [3.63, 3.8) is 0 Å². The van der Waals surface area contributed by atoms with Crippen LogP contribution in [0, 0.1) is 0 Å². The highest BCUT2D eigenvalue weighted by atomic mass is 32.1. The van der Waals surface area contributed by atoms with Crippen LogP contribution in [-0.2, 0) is 18.4 Å². The Morgan fingerprint density at radius 2 is 1.92 bits per heavy atom. The second kappa shape index (κ2) is 8.05. The molecule has 0 aliphatic carbocycles. The molecular formula is C19H21N3O3S. The van der Waals surface area contributed by atoms with E-state index in [9.17, 15) is 9.59 Å². The molecule has 0 unspecified atom stereocenters. The van der Waals surface area contributed by atoms with Gasteiger partial charge in [-0.15, -0.1) is 11.3 Å². The fraction of sp³-hybridized carbons (Fsp3) is 0.263. The van der Waals surface area contributed by atoms with Crippen LogP contribution in [0.2, 0.25) is 0 Å². The molecule has 0 bridgehead atoms. The molecule has 0 spiro atoms. The summed E-state index contributed by atoms with van der Waals surface area (Å²) in [6.45, 7) is 2.89. The van der Waals surface area contributed by atoms with Crippen molar-refractivity contribution in [1.82, 2.24) is 15.2 Å². The van der Waals surface area contributed by atoms with Crippen molar-refractivity contribution in [2.75, 3.05) is 13.2 Å². The second-order valence-electron chi connectivity index (χ2n) is 5.80. The van der Waals surface area contributed by atoms with E-state index >= 15 is 0 Å². The highest BCUT2D eigenvalue weighted by Gasteiger charge is 2.14. The average molecular weight is 371 g/mol. The number of ether oxygens (including phenoxy) is 1. The van der Waals surface area contributed by atoms with Crippen LogP contribution in [0.1, 0.15) is 23.0 Å². The minimum absolute atomic E-state index is 0.0608. The minimum Gasteiger partial charge on any atom is -0.494 e. The van der Waals surface area contributed by atoms with Crippen molar-refractivity contribution in [3.05, 3.63) is 53.0 Å². The summed E-state index contributed by atoms with van der Waals surface area (Å²) in [7, 11) is 1.84. The summed E-state index contributed by atoms with van der Waals surface area (Å²) in [6, 6.07) is 11.4. The first kappa shape index (κ1) is 18.0. The van der Waals surface area contributed by atoms with Crippen LogP contribution in [0.5, 0.6) is 5.75 Å². The molecule has 2 amide bonds. The van der Waals surface area contributed by atoms with Crippen LogP contribution in [0.15, 0.2) is 41.8 Å². The molecule has 6 nitrogen and oxygen atoms in total. The molecule has 26 heavy (non-hydrogen) atoms. The molecule has 2 N–H and O–H groups in total. The zero-order valence-corrected chi connectivity index (χ0v) is 15.6. The van der Waals surface area contributed by atoms with Crippen LogP contribution in [0.3, 0.4) is 0 Å². The summed E-state index contributed by atoms with van der Waals surface area (Å²) >= 11 is 1.58. The lowest BCUT2D eigenvalue weighted by atomic mass is 10.2. The smallest absolute Gasteiger partial charge is 0.268 e. The van der Waals surface area contributed by atoms with Crippen LogP contribution in [0.25, 0.3) is 10.2 Å². The van der Waals surface area contributed by atoms with E-state index in [0.29, 0.717) is 18.8 Å². The Morgan fingerprint density at radius 3 is 2.62 bits per heavy atom. The quantitative estimate of drug-likeness (QED) is 0.671. The highest BCUT2D eigenvalue weighted by Crippen LogP contribution is 2.23. The average Bonchev–Trinajstić information content (AvgIpc) is 3.22. The molecule has 0 aliphatic heterocycles. The number of benzene rings is 1. The van der Waals surface area contributed by atoms with E-state index < -0.39 is 0 Å². The molecule has 136 valence electrons. The maximum absolute atomic E-state index is 12.3. The van der Waals surface area contributed by atoms with E-state index in [1.54, 1.807) is 11.3 Å². The third-order valence-electron chi connectivity index (χ3n) is 4.03. The van der Waals surface area contributed by atoms with Gasteiger partial charge in [-0.1, -0.05) is 12.1 Å². The van der Waals surface area contributed by atoms with E-state index in [2.05, 4.69) is 10.6 Å². The van der Waals surface area contributed by atoms with Gasteiger partial charge in [-0.05, 0) is 42.1 Å². The van der Waals surface area contributed by atoms with E-state index in [-0.39, 0.29) is 18.4 Å². The first-order valence-electron chi connectivity index (χ1n) is 8.38. The summed E-state index contributed by atoms with van der Waals surface area (Å²) < 4.78 is 8.27. The Morgan fingerprint density at radius 1 is 1.15 bits per heavy atom. The van der Waals surface area contributed by atoms with Crippen molar-refractivity contribution >= 4 is 33.4 Å². The first-order chi connectivity index (χ1) is 12.6. The normalized spacial score (nSPS) is 10.7. The summed E-state index contributed by atoms with van der Waals surface area (Å²) in [4.78, 5) is 24.3. The maximum Gasteiger partial charge on any atom is 0.268 e. The predicted octanol–water partition coefficient (Wildman–Crippen LogP) is 2.68. The highest BCUT2D eigenvalue weighted by molar-refractivity contribution is 7.17. The molecule has 1 aromatic carbocycles. The van der Waals surface area contributed by atoms with Crippen LogP contribution in [0.4, 0.5) is 0 Å². The number of aromatic nitrogens is 1. The number of hydrogen-bond donors (Lipinski definition) is 2. The van der Waals surface area contributed by atoms with Gasteiger partial charge in [0.05, 0.1) is 23.4 Å². The third-order valence-corrected chi connectivity index (χ3v) is 4.88. The largest absolute Gasteiger partial charge is 0.494 e. The lowest BCUT2D eigenvalue weighted by molar-refractivity contribution is -0.120. The summed E-state index contributed by atoms with van der Waals surface area (Å²) in [5.74, 6) is 0.313. The van der Waals surface area contributed by atoms with Gasteiger partial charge in [-0.3, -0.25) is 9.59 Å². The van der Waals surface area contributed by atoms with Gasteiger partial charge in [-0.25, -0.2) is 0 Å². The van der Waals surface area contributed by atoms with Gasteiger partial charge < -0.3 is 19.9 Å². The topological polar surface area (TPSA) is 72.4 Å². The van der Waals surface area contributed by atoms with Crippen LogP contribution >= 0.6 is 11.3 Å². The number of nitrogens with one attached hydrogen (secondary N) is 2. The van der Waals surface area contributed by atoms with E-state index in [1.807, 2.05) is 60.3 Å². The molecule has 0 saturated heterocycles. The van der Waals surface area contributed by atoms with Crippen molar-refractivity contribution in [3.8, 4) is 5.75 Å². The number of rotatable bonds is 7. The third kappa shape index (κ3) is 4.05. The Labute approximate surface area is 155 Å². The van der Waals surface area contributed by atoms with Crippen molar-refractivity contribution < 1.29 is 14.3 Å². The van der Waals surface area contributed by atoms with Gasteiger partial charge in [0.15, 0.2) is 0 Å². The molecule has 0 saturated carbocycles. The number of carbonyl (C=O) groups excluding carboxylic acids is 2. The van der Waals surface area contributed by atoms with Crippen molar-refractivity contribution in [1.29, 1.82) is 0 Å². The molecule has 2 heterocycles. The molecule has 0 atom stereocenters. The van der Waals surface area contributed by atoms with Gasteiger partial charge in [-0.2, -0.15) is 0 Å². The predicted molar refractivity (Wildman–Crippen MR) is 103 cm³/mol. The van der Waals surface area contributed by atoms with Gasteiger partial charge in [0.1, 0.15) is 11.4 Å². The molecular weight excluding hydrogens is 350 g/mol. The number of thiophene rings is 1. The van der Waals surface area contributed by atoms with Gasteiger partial charge in [0.25, 0.3) is 5.91 Å². The fourth-order valence-electron chi connectivity index (χ4n) is 2.65. The summed E-state index contributed by atoms with van der Waals surface area (Å²) in [5.41, 5.74) is 2.53. The number of carbonyl (C=O) groups is 2. The molecule has 3 aromatic rings. The first-order valence-corrected chi connectivity index (χ1v) is 9.26. The van der Waals surface area contributed by atoms with E-state index in [0.717, 1.165) is 21.5 Å². The van der Waals surface area contributed by atoms with E-state index in [4.69, 9.17) is 4.74 Å².